The van der Waals surface area contributed by atoms with Crippen LogP contribution in [-0.2, 0) is 11.3 Å². The molecule has 1 aromatic rings. The van der Waals surface area contributed by atoms with Gasteiger partial charge in [0, 0.05) is 6.54 Å². The smallest absolute Gasteiger partial charge is 0.237 e. The van der Waals surface area contributed by atoms with Crippen LogP contribution in [0.5, 0.6) is 0 Å². The molecule has 1 amide bonds. The highest BCUT2D eigenvalue weighted by Gasteiger charge is 2.19. The van der Waals surface area contributed by atoms with Crippen LogP contribution >= 0.6 is 0 Å². The first-order chi connectivity index (χ1) is 9.06. The summed E-state index contributed by atoms with van der Waals surface area (Å²) in [5.41, 5.74) is 0.877. The van der Waals surface area contributed by atoms with Crippen molar-refractivity contribution in [2.75, 3.05) is 13.6 Å². The van der Waals surface area contributed by atoms with Crippen molar-refractivity contribution in [3.05, 3.63) is 17.8 Å². The van der Waals surface area contributed by atoms with E-state index in [4.69, 9.17) is 4.42 Å². The van der Waals surface area contributed by atoms with E-state index in [9.17, 15) is 4.79 Å². The third-order valence-electron chi connectivity index (χ3n) is 3.36. The molecule has 0 bridgehead atoms. The molecule has 0 saturated carbocycles. The van der Waals surface area contributed by atoms with Gasteiger partial charge < -0.3 is 9.73 Å². The average Bonchev–Trinajstić information content (AvgIpc) is 2.79. The molecular weight excluding hydrogens is 242 g/mol. The first kappa shape index (κ1) is 15.7. The Labute approximate surface area is 115 Å². The summed E-state index contributed by atoms with van der Waals surface area (Å²) < 4.78 is 5.29. The van der Waals surface area contributed by atoms with Gasteiger partial charge in [0.25, 0.3) is 0 Å². The molecule has 1 aromatic heterocycles. The second-order valence-corrected chi connectivity index (χ2v) is 4.95. The number of nitrogens with one attached hydrogen (secondary N) is 1. The zero-order valence-electron chi connectivity index (χ0n) is 12.4. The Morgan fingerprint density at radius 3 is 2.84 bits per heavy atom. The normalized spacial score (nSPS) is 12.7. The minimum Gasteiger partial charge on any atom is -0.447 e. The van der Waals surface area contributed by atoms with Crippen LogP contribution in [0.1, 0.15) is 44.6 Å². The van der Waals surface area contributed by atoms with Crippen LogP contribution in [-0.4, -0.2) is 35.4 Å². The maximum atomic E-state index is 12.0. The second-order valence-electron chi connectivity index (χ2n) is 4.95. The van der Waals surface area contributed by atoms with Crippen LogP contribution in [0.3, 0.4) is 0 Å². The van der Waals surface area contributed by atoms with Gasteiger partial charge in [0.1, 0.15) is 5.76 Å². The molecule has 0 radical (unpaired) electrons. The zero-order valence-corrected chi connectivity index (χ0v) is 12.4. The van der Waals surface area contributed by atoms with E-state index >= 15 is 0 Å². The molecule has 0 aliphatic heterocycles. The van der Waals surface area contributed by atoms with Crippen LogP contribution in [0.25, 0.3) is 0 Å². The molecule has 0 aromatic carbocycles. The summed E-state index contributed by atoms with van der Waals surface area (Å²) in [7, 11) is 1.91. The van der Waals surface area contributed by atoms with Crippen LogP contribution in [0.2, 0.25) is 0 Å². The lowest BCUT2D eigenvalue weighted by atomic mass is 10.2. The third-order valence-corrected chi connectivity index (χ3v) is 3.36. The van der Waals surface area contributed by atoms with Crippen molar-refractivity contribution in [1.82, 2.24) is 15.2 Å². The Morgan fingerprint density at radius 2 is 2.26 bits per heavy atom. The standard InChI is InChI=1S/C14H25N3O2/c1-5-6-7-8-15-14(18)12(3)17(4)9-13-11(2)16-10-19-13/h10,12H,5-9H2,1-4H3,(H,15,18). The zero-order chi connectivity index (χ0) is 14.3. The van der Waals surface area contributed by atoms with Crippen molar-refractivity contribution in [2.45, 2.75) is 52.6 Å². The maximum absolute atomic E-state index is 12.0. The molecule has 0 aliphatic rings. The lowest BCUT2D eigenvalue weighted by Crippen LogP contribution is -2.43. The summed E-state index contributed by atoms with van der Waals surface area (Å²) in [6.45, 7) is 7.31. The Bertz CT molecular complexity index is 390. The average molecular weight is 267 g/mol. The van der Waals surface area contributed by atoms with Crippen molar-refractivity contribution in [2.24, 2.45) is 0 Å². The minimum absolute atomic E-state index is 0.0655. The van der Waals surface area contributed by atoms with E-state index in [1.807, 2.05) is 25.8 Å². The summed E-state index contributed by atoms with van der Waals surface area (Å²) >= 11 is 0. The molecule has 1 heterocycles. The first-order valence-electron chi connectivity index (χ1n) is 6.93. The van der Waals surface area contributed by atoms with Gasteiger partial charge in [0.2, 0.25) is 5.91 Å². The van der Waals surface area contributed by atoms with E-state index < -0.39 is 0 Å². The fourth-order valence-corrected chi connectivity index (χ4v) is 1.78. The SMILES string of the molecule is CCCCCNC(=O)C(C)N(C)Cc1ocnc1C. The van der Waals surface area contributed by atoms with Gasteiger partial charge in [0.15, 0.2) is 6.39 Å². The molecule has 1 N–H and O–H groups in total. The van der Waals surface area contributed by atoms with Crippen molar-refractivity contribution < 1.29 is 9.21 Å². The minimum atomic E-state index is -0.175. The number of hydrogen-bond acceptors (Lipinski definition) is 4. The van der Waals surface area contributed by atoms with Crippen molar-refractivity contribution >= 4 is 5.91 Å². The van der Waals surface area contributed by atoms with Crippen LogP contribution in [0.15, 0.2) is 10.8 Å². The Kier molecular flexibility index (Phi) is 6.56. The number of oxazole rings is 1. The summed E-state index contributed by atoms with van der Waals surface area (Å²) in [5.74, 6) is 0.879. The molecule has 19 heavy (non-hydrogen) atoms. The number of unbranched alkanes of at least 4 members (excludes halogenated alkanes) is 2. The van der Waals surface area contributed by atoms with E-state index in [-0.39, 0.29) is 11.9 Å². The molecule has 0 spiro atoms. The lowest BCUT2D eigenvalue weighted by Gasteiger charge is -2.23. The maximum Gasteiger partial charge on any atom is 0.237 e. The summed E-state index contributed by atoms with van der Waals surface area (Å²) in [4.78, 5) is 18.0. The molecular formula is C14H25N3O2. The number of carbonyl (C=O) groups excluding carboxylic acids is 1. The lowest BCUT2D eigenvalue weighted by molar-refractivity contribution is -0.125. The molecule has 1 atom stereocenters. The quantitative estimate of drug-likeness (QED) is 0.733. The molecule has 108 valence electrons. The highest BCUT2D eigenvalue weighted by atomic mass is 16.3. The fourth-order valence-electron chi connectivity index (χ4n) is 1.78. The van der Waals surface area contributed by atoms with Crippen LogP contribution in [0, 0.1) is 6.92 Å². The molecule has 1 unspecified atom stereocenters. The van der Waals surface area contributed by atoms with Gasteiger partial charge in [-0.05, 0) is 27.3 Å². The largest absolute Gasteiger partial charge is 0.447 e. The van der Waals surface area contributed by atoms with Gasteiger partial charge in [-0.2, -0.15) is 0 Å². The van der Waals surface area contributed by atoms with Crippen LogP contribution < -0.4 is 5.32 Å². The summed E-state index contributed by atoms with van der Waals surface area (Å²) in [6, 6.07) is -0.175. The Morgan fingerprint density at radius 1 is 1.53 bits per heavy atom. The summed E-state index contributed by atoms with van der Waals surface area (Å²) in [6.07, 6.45) is 4.80. The van der Waals surface area contributed by atoms with Crippen molar-refractivity contribution in [3.63, 3.8) is 0 Å². The van der Waals surface area contributed by atoms with Gasteiger partial charge in [-0.15, -0.1) is 0 Å². The van der Waals surface area contributed by atoms with E-state index in [0.29, 0.717) is 6.54 Å². The second kappa shape index (κ2) is 7.94. The van der Waals surface area contributed by atoms with E-state index in [1.165, 1.54) is 6.39 Å². The Hall–Kier alpha value is -1.36. The number of nitrogens with zero attached hydrogens (tertiary/aromatic N) is 2. The molecule has 0 aliphatic carbocycles. The van der Waals surface area contributed by atoms with Crippen molar-refractivity contribution in [3.8, 4) is 0 Å². The third kappa shape index (κ3) is 5.03. The number of rotatable bonds is 8. The summed E-state index contributed by atoms with van der Waals surface area (Å²) in [5, 5.41) is 2.97. The monoisotopic (exact) mass is 267 g/mol. The molecule has 5 heteroatoms. The number of aromatic nitrogens is 1. The first-order valence-corrected chi connectivity index (χ1v) is 6.93. The van der Waals surface area contributed by atoms with Gasteiger partial charge in [-0.1, -0.05) is 19.8 Å². The van der Waals surface area contributed by atoms with Crippen LogP contribution in [0.4, 0.5) is 0 Å². The number of amides is 1. The van der Waals surface area contributed by atoms with Gasteiger partial charge >= 0.3 is 0 Å². The van der Waals surface area contributed by atoms with Gasteiger partial charge in [-0.25, -0.2) is 4.98 Å². The molecule has 1 rings (SSSR count). The highest BCUT2D eigenvalue weighted by molar-refractivity contribution is 5.81. The molecule has 0 saturated heterocycles. The number of hydrogen-bond donors (Lipinski definition) is 1. The predicted octanol–water partition coefficient (Wildman–Crippen LogP) is 2.11. The highest BCUT2D eigenvalue weighted by Crippen LogP contribution is 2.10. The topological polar surface area (TPSA) is 58.4 Å². The molecule has 5 nitrogen and oxygen atoms in total. The Balaban J connectivity index is 2.37. The number of aryl methyl sites for hydroxylation is 1. The van der Waals surface area contributed by atoms with Gasteiger partial charge in [0.05, 0.1) is 18.3 Å². The van der Waals surface area contributed by atoms with Gasteiger partial charge in [-0.3, -0.25) is 9.69 Å². The number of likely N-dealkylation sites (N-methyl/N-ethyl adjacent to an activating group) is 1. The van der Waals surface area contributed by atoms with Crippen molar-refractivity contribution in [1.29, 1.82) is 0 Å². The molecule has 0 fully saturated rings. The van der Waals surface area contributed by atoms with E-state index in [1.54, 1.807) is 0 Å². The predicted molar refractivity (Wildman–Crippen MR) is 74.7 cm³/mol. The van der Waals surface area contributed by atoms with E-state index in [2.05, 4.69) is 17.2 Å². The number of carbonyl (C=O) groups is 1. The fraction of sp³-hybridized carbons (Fsp3) is 0.714. The van der Waals surface area contributed by atoms with E-state index in [0.717, 1.165) is 37.3 Å².